The Balaban J connectivity index is 1.57. The molecule has 1 saturated heterocycles. The van der Waals surface area contributed by atoms with Crippen molar-refractivity contribution in [3.05, 3.63) is 70.5 Å². The number of aliphatic carboxylic acids is 1. The third kappa shape index (κ3) is 7.47. The lowest BCUT2D eigenvalue weighted by Crippen LogP contribution is -2.58. The van der Waals surface area contributed by atoms with Crippen molar-refractivity contribution in [3.63, 3.8) is 0 Å². The molecule has 1 aliphatic rings. The van der Waals surface area contributed by atoms with Crippen molar-refractivity contribution >= 4 is 33.5 Å². The molecule has 1 fully saturated rings. The van der Waals surface area contributed by atoms with Crippen LogP contribution in [0.1, 0.15) is 25.0 Å². The molecule has 2 N–H and O–H groups in total. The molecule has 2 aromatic carbocycles. The number of carboxylic acid groups (broad SMARTS) is 1. The lowest BCUT2D eigenvalue weighted by atomic mass is 10.1. The first-order valence-corrected chi connectivity index (χ1v) is 13.2. The van der Waals surface area contributed by atoms with Crippen molar-refractivity contribution in [2.45, 2.75) is 44.5 Å². The van der Waals surface area contributed by atoms with Crippen molar-refractivity contribution < 1.29 is 32.2 Å². The predicted octanol–water partition coefficient (Wildman–Crippen LogP) is 2.45. The van der Waals surface area contributed by atoms with Gasteiger partial charge < -0.3 is 14.7 Å². The van der Waals surface area contributed by atoms with Crippen molar-refractivity contribution in [1.29, 1.82) is 0 Å². The van der Waals surface area contributed by atoms with Crippen LogP contribution >= 0.6 is 11.6 Å². The standard InChI is InChI=1S/C24H29ClFN3O6S/c1-16-13-29(17(2)12-28(16)14-18-6-8-21(26)9-7-18)22(30)15-35-24(23(31)32)36(33,34)27-11-19-4-3-5-20(25)10-19/h3-10,16-17,24,27H,11-15H2,1-2H3,(H,31,32)/t16-,17+,24?/m0/s1. The summed E-state index contributed by atoms with van der Waals surface area (Å²) in [7, 11) is -4.45. The van der Waals surface area contributed by atoms with E-state index in [2.05, 4.69) is 9.62 Å². The summed E-state index contributed by atoms with van der Waals surface area (Å²) in [6.45, 7) is 4.37. The molecule has 196 valence electrons. The SMILES string of the molecule is C[C@@H]1CN(Cc2ccc(F)cc2)[C@@H](C)CN1C(=O)COC(C(=O)O)S(=O)(=O)NCc1cccc(Cl)c1. The van der Waals surface area contributed by atoms with Crippen LogP contribution in [0, 0.1) is 5.82 Å². The first-order valence-electron chi connectivity index (χ1n) is 11.3. The highest BCUT2D eigenvalue weighted by Crippen LogP contribution is 2.19. The first kappa shape index (κ1) is 28.0. The Morgan fingerprint density at radius 3 is 2.47 bits per heavy atom. The summed E-state index contributed by atoms with van der Waals surface area (Å²) >= 11 is 5.89. The molecule has 0 saturated carbocycles. The average molecular weight is 542 g/mol. The van der Waals surface area contributed by atoms with Gasteiger partial charge in [0.1, 0.15) is 12.4 Å². The summed E-state index contributed by atoms with van der Waals surface area (Å²) in [5.41, 5.74) is -0.779. The van der Waals surface area contributed by atoms with Gasteiger partial charge in [0.2, 0.25) is 15.9 Å². The number of ether oxygens (including phenoxy) is 1. The molecule has 1 heterocycles. The van der Waals surface area contributed by atoms with Crippen LogP contribution in [-0.4, -0.2) is 72.4 Å². The number of hydrogen-bond acceptors (Lipinski definition) is 6. The minimum absolute atomic E-state index is 0.0337. The maximum Gasteiger partial charge on any atom is 0.350 e. The Kier molecular flexibility index (Phi) is 9.42. The second-order valence-corrected chi connectivity index (χ2v) is 11.0. The van der Waals surface area contributed by atoms with Crippen LogP contribution in [-0.2, 0) is 37.4 Å². The van der Waals surface area contributed by atoms with Crippen LogP contribution in [0.15, 0.2) is 48.5 Å². The zero-order valence-electron chi connectivity index (χ0n) is 19.9. The average Bonchev–Trinajstić information content (AvgIpc) is 2.81. The van der Waals surface area contributed by atoms with Gasteiger partial charge in [0.15, 0.2) is 0 Å². The minimum atomic E-state index is -4.45. The minimum Gasteiger partial charge on any atom is -0.478 e. The van der Waals surface area contributed by atoms with Crippen LogP contribution in [0.25, 0.3) is 0 Å². The van der Waals surface area contributed by atoms with E-state index in [1.165, 1.54) is 12.1 Å². The Morgan fingerprint density at radius 2 is 1.83 bits per heavy atom. The van der Waals surface area contributed by atoms with E-state index in [1.807, 2.05) is 13.8 Å². The number of nitrogens with zero attached hydrogens (tertiary/aromatic N) is 2. The molecular weight excluding hydrogens is 513 g/mol. The molecule has 0 radical (unpaired) electrons. The maximum atomic E-state index is 13.2. The second-order valence-electron chi connectivity index (χ2n) is 8.78. The monoisotopic (exact) mass is 541 g/mol. The van der Waals surface area contributed by atoms with Gasteiger partial charge in [0.25, 0.3) is 5.44 Å². The van der Waals surface area contributed by atoms with Gasteiger partial charge in [-0.3, -0.25) is 9.69 Å². The molecule has 3 atom stereocenters. The van der Waals surface area contributed by atoms with Crippen molar-refractivity contribution in [1.82, 2.24) is 14.5 Å². The molecule has 1 aliphatic heterocycles. The van der Waals surface area contributed by atoms with Crippen molar-refractivity contribution in [2.24, 2.45) is 0 Å². The summed E-state index contributed by atoms with van der Waals surface area (Å²) in [5.74, 6) is -2.55. The van der Waals surface area contributed by atoms with E-state index in [4.69, 9.17) is 16.3 Å². The number of carbonyl (C=O) groups is 2. The van der Waals surface area contributed by atoms with Crippen LogP contribution in [0.5, 0.6) is 0 Å². The number of nitrogens with one attached hydrogen (secondary N) is 1. The van der Waals surface area contributed by atoms with Crippen molar-refractivity contribution in [3.8, 4) is 0 Å². The zero-order chi connectivity index (χ0) is 26.5. The third-order valence-electron chi connectivity index (χ3n) is 5.94. The number of carboxylic acids is 1. The molecule has 2 aromatic rings. The highest BCUT2D eigenvalue weighted by Gasteiger charge is 2.36. The number of halogens is 2. The topological polar surface area (TPSA) is 116 Å². The summed E-state index contributed by atoms with van der Waals surface area (Å²) in [4.78, 5) is 28.2. The highest BCUT2D eigenvalue weighted by atomic mass is 35.5. The number of rotatable bonds is 10. The van der Waals surface area contributed by atoms with E-state index in [0.717, 1.165) is 5.56 Å². The fraction of sp³-hybridized carbons (Fsp3) is 0.417. The molecule has 0 aliphatic carbocycles. The quantitative estimate of drug-likeness (QED) is 0.474. The number of amides is 1. The zero-order valence-corrected chi connectivity index (χ0v) is 21.5. The normalized spacial score (nSPS) is 19.7. The molecule has 3 rings (SSSR count). The van der Waals surface area contributed by atoms with Gasteiger partial charge in [-0.15, -0.1) is 0 Å². The Morgan fingerprint density at radius 1 is 1.14 bits per heavy atom. The van der Waals surface area contributed by atoms with Crippen molar-refractivity contribution in [2.75, 3.05) is 19.7 Å². The molecule has 12 heteroatoms. The van der Waals surface area contributed by atoms with Crippen LogP contribution in [0.2, 0.25) is 5.02 Å². The van der Waals surface area contributed by atoms with E-state index in [-0.39, 0.29) is 24.4 Å². The Bertz CT molecular complexity index is 1180. The highest BCUT2D eigenvalue weighted by molar-refractivity contribution is 7.90. The molecule has 0 spiro atoms. The molecule has 1 unspecified atom stereocenters. The van der Waals surface area contributed by atoms with Gasteiger partial charge >= 0.3 is 5.97 Å². The van der Waals surface area contributed by atoms with Gasteiger partial charge in [-0.25, -0.2) is 22.3 Å². The van der Waals surface area contributed by atoms with E-state index in [0.29, 0.717) is 30.2 Å². The third-order valence-corrected chi connectivity index (χ3v) is 7.63. The fourth-order valence-electron chi connectivity index (χ4n) is 4.02. The molecular formula is C24H29ClFN3O6S. The van der Waals surface area contributed by atoms with Gasteiger partial charge in [-0.2, -0.15) is 0 Å². The molecule has 36 heavy (non-hydrogen) atoms. The lowest BCUT2D eigenvalue weighted by Gasteiger charge is -2.44. The van der Waals surface area contributed by atoms with E-state index < -0.39 is 33.9 Å². The fourth-order valence-corrected chi connectivity index (χ4v) is 5.27. The molecule has 9 nitrogen and oxygen atoms in total. The smallest absolute Gasteiger partial charge is 0.350 e. The van der Waals surface area contributed by atoms with Gasteiger partial charge in [-0.05, 0) is 49.2 Å². The van der Waals surface area contributed by atoms with E-state index in [9.17, 15) is 27.5 Å². The summed E-state index contributed by atoms with van der Waals surface area (Å²) in [6, 6.07) is 12.4. The van der Waals surface area contributed by atoms with Crippen LogP contribution < -0.4 is 4.72 Å². The van der Waals surface area contributed by atoms with E-state index in [1.54, 1.807) is 41.3 Å². The lowest BCUT2D eigenvalue weighted by molar-refractivity contribution is -0.150. The number of sulfonamides is 1. The first-order chi connectivity index (χ1) is 17.0. The van der Waals surface area contributed by atoms with E-state index >= 15 is 0 Å². The van der Waals surface area contributed by atoms with Gasteiger partial charge in [0, 0.05) is 43.3 Å². The summed E-state index contributed by atoms with van der Waals surface area (Å²) in [5, 5.41) is 9.85. The number of piperazine rings is 1. The van der Waals surface area contributed by atoms with Gasteiger partial charge in [-0.1, -0.05) is 35.9 Å². The van der Waals surface area contributed by atoms with Crippen LogP contribution in [0.4, 0.5) is 4.39 Å². The number of carbonyl (C=O) groups excluding carboxylic acids is 1. The summed E-state index contributed by atoms with van der Waals surface area (Å²) in [6.07, 6.45) is 0. The maximum absolute atomic E-state index is 13.2. The number of hydrogen-bond donors (Lipinski definition) is 2. The number of benzene rings is 2. The van der Waals surface area contributed by atoms with Crippen LogP contribution in [0.3, 0.4) is 0 Å². The predicted molar refractivity (Wildman–Crippen MR) is 132 cm³/mol. The second kappa shape index (κ2) is 12.1. The largest absolute Gasteiger partial charge is 0.478 e. The summed E-state index contributed by atoms with van der Waals surface area (Å²) < 4.78 is 45.6. The molecule has 1 amide bonds. The molecule has 0 bridgehead atoms. The van der Waals surface area contributed by atoms with Gasteiger partial charge in [0.05, 0.1) is 0 Å². The Hall–Kier alpha value is -2.57. The molecule has 0 aromatic heterocycles. The Labute approximate surface area is 214 Å².